The molecule has 0 aliphatic carbocycles. The number of methoxy groups -OCH3 is 1. The molecule has 0 saturated carbocycles. The predicted octanol–water partition coefficient (Wildman–Crippen LogP) is 4.72. The Morgan fingerprint density at radius 1 is 1.14 bits per heavy atom. The lowest BCUT2D eigenvalue weighted by molar-refractivity contribution is 0.381. The predicted molar refractivity (Wildman–Crippen MR) is 87.5 cm³/mol. The molecule has 0 aliphatic rings. The van der Waals surface area contributed by atoms with Gasteiger partial charge < -0.3 is 10.1 Å². The summed E-state index contributed by atoms with van der Waals surface area (Å²) in [5.41, 5.74) is 0.736. The molecule has 0 aliphatic heterocycles. The van der Waals surface area contributed by atoms with E-state index in [-0.39, 0.29) is 5.82 Å². The van der Waals surface area contributed by atoms with Crippen LogP contribution in [0.25, 0.3) is 0 Å². The molecular formula is C18H30FNO. The first-order valence-electron chi connectivity index (χ1n) is 8.21. The average molecular weight is 295 g/mol. The van der Waals surface area contributed by atoms with E-state index < -0.39 is 0 Å². The van der Waals surface area contributed by atoms with Crippen molar-refractivity contribution in [3.05, 3.63) is 29.6 Å². The SMILES string of the molecule is CCCCCCCCC(Cc1cccc(OC)c1F)NC. The van der Waals surface area contributed by atoms with Crippen LogP contribution in [0.5, 0.6) is 5.75 Å². The van der Waals surface area contributed by atoms with Crippen molar-refractivity contribution in [2.45, 2.75) is 64.3 Å². The summed E-state index contributed by atoms with van der Waals surface area (Å²) < 4.78 is 19.2. The molecule has 1 aromatic rings. The summed E-state index contributed by atoms with van der Waals surface area (Å²) in [5, 5.41) is 3.31. The first-order valence-corrected chi connectivity index (χ1v) is 8.21. The molecule has 2 nitrogen and oxygen atoms in total. The van der Waals surface area contributed by atoms with Crippen LogP contribution in [0.4, 0.5) is 4.39 Å². The Hall–Kier alpha value is -1.09. The lowest BCUT2D eigenvalue weighted by Crippen LogP contribution is -2.27. The average Bonchev–Trinajstić information content (AvgIpc) is 2.51. The standard InChI is InChI=1S/C18H30FNO/c1-4-5-6-7-8-9-12-16(20-2)14-15-11-10-13-17(21-3)18(15)19/h10-11,13,16,20H,4-9,12,14H2,1-3H3. The van der Waals surface area contributed by atoms with Gasteiger partial charge in [-0.3, -0.25) is 0 Å². The van der Waals surface area contributed by atoms with Gasteiger partial charge in [0.1, 0.15) is 0 Å². The number of unbranched alkanes of at least 4 members (excludes halogenated alkanes) is 5. The third-order valence-electron chi connectivity index (χ3n) is 4.04. The Morgan fingerprint density at radius 2 is 1.86 bits per heavy atom. The van der Waals surface area contributed by atoms with Gasteiger partial charge in [-0.25, -0.2) is 4.39 Å². The van der Waals surface area contributed by atoms with E-state index in [2.05, 4.69) is 12.2 Å². The third kappa shape index (κ3) is 6.47. The van der Waals surface area contributed by atoms with Crippen molar-refractivity contribution in [2.24, 2.45) is 0 Å². The van der Waals surface area contributed by atoms with E-state index in [1.54, 1.807) is 6.07 Å². The van der Waals surface area contributed by atoms with Crippen LogP contribution >= 0.6 is 0 Å². The molecule has 1 rings (SSSR count). The normalized spacial score (nSPS) is 12.4. The second-order valence-electron chi connectivity index (χ2n) is 5.68. The van der Waals surface area contributed by atoms with Gasteiger partial charge in [-0.2, -0.15) is 0 Å². The molecular weight excluding hydrogens is 265 g/mol. The van der Waals surface area contributed by atoms with Crippen LogP contribution in [-0.2, 0) is 6.42 Å². The first-order chi connectivity index (χ1) is 10.2. The van der Waals surface area contributed by atoms with Crippen LogP contribution in [0.3, 0.4) is 0 Å². The Morgan fingerprint density at radius 3 is 2.52 bits per heavy atom. The molecule has 120 valence electrons. The van der Waals surface area contributed by atoms with Crippen molar-refractivity contribution >= 4 is 0 Å². The molecule has 21 heavy (non-hydrogen) atoms. The highest BCUT2D eigenvalue weighted by Gasteiger charge is 2.13. The van der Waals surface area contributed by atoms with Gasteiger partial charge in [0.05, 0.1) is 7.11 Å². The molecule has 0 amide bonds. The molecule has 1 unspecified atom stereocenters. The minimum absolute atomic E-state index is 0.219. The summed E-state index contributed by atoms with van der Waals surface area (Å²) in [6, 6.07) is 5.71. The second kappa shape index (κ2) is 10.6. The molecule has 3 heteroatoms. The maximum atomic E-state index is 14.1. The summed E-state index contributed by atoms with van der Waals surface area (Å²) in [7, 11) is 3.47. The molecule has 0 saturated heterocycles. The van der Waals surface area contributed by atoms with Crippen molar-refractivity contribution in [3.63, 3.8) is 0 Å². The first kappa shape index (κ1) is 18.0. The lowest BCUT2D eigenvalue weighted by Gasteiger charge is -2.17. The van der Waals surface area contributed by atoms with Gasteiger partial charge in [-0.1, -0.05) is 57.6 Å². The van der Waals surface area contributed by atoms with E-state index in [9.17, 15) is 4.39 Å². The fourth-order valence-corrected chi connectivity index (χ4v) is 2.66. The van der Waals surface area contributed by atoms with Crippen molar-refractivity contribution < 1.29 is 9.13 Å². The van der Waals surface area contributed by atoms with Gasteiger partial charge in [-0.05, 0) is 31.5 Å². The molecule has 1 atom stereocenters. The smallest absolute Gasteiger partial charge is 0.168 e. The van der Waals surface area contributed by atoms with Crippen LogP contribution < -0.4 is 10.1 Å². The van der Waals surface area contributed by atoms with Crippen LogP contribution in [0.1, 0.15) is 57.4 Å². The largest absolute Gasteiger partial charge is 0.494 e. The molecule has 0 heterocycles. The number of benzene rings is 1. The minimum Gasteiger partial charge on any atom is -0.494 e. The minimum atomic E-state index is -0.219. The monoisotopic (exact) mass is 295 g/mol. The Labute approximate surface area is 129 Å². The van der Waals surface area contributed by atoms with Crippen LogP contribution in [0.2, 0.25) is 0 Å². The highest BCUT2D eigenvalue weighted by molar-refractivity contribution is 5.31. The Bertz CT molecular complexity index is 395. The second-order valence-corrected chi connectivity index (χ2v) is 5.68. The summed E-state index contributed by atoms with van der Waals surface area (Å²) in [4.78, 5) is 0. The highest BCUT2D eigenvalue weighted by atomic mass is 19.1. The molecule has 0 aromatic heterocycles. The fourth-order valence-electron chi connectivity index (χ4n) is 2.66. The van der Waals surface area contributed by atoms with Crippen molar-refractivity contribution in [3.8, 4) is 5.75 Å². The zero-order valence-electron chi connectivity index (χ0n) is 13.8. The Balaban J connectivity index is 2.40. The van der Waals surface area contributed by atoms with Gasteiger partial charge in [0, 0.05) is 6.04 Å². The van der Waals surface area contributed by atoms with Crippen molar-refractivity contribution in [1.29, 1.82) is 0 Å². The maximum Gasteiger partial charge on any atom is 0.168 e. The summed E-state index contributed by atoms with van der Waals surface area (Å²) in [6.07, 6.45) is 9.58. The molecule has 1 aromatic carbocycles. The number of hydrogen-bond acceptors (Lipinski definition) is 2. The van der Waals surface area contributed by atoms with Crippen molar-refractivity contribution in [1.82, 2.24) is 5.32 Å². The maximum absolute atomic E-state index is 14.1. The molecule has 0 radical (unpaired) electrons. The Kier molecular flexibility index (Phi) is 9.07. The van der Waals surface area contributed by atoms with E-state index in [4.69, 9.17) is 4.74 Å². The summed E-state index contributed by atoms with van der Waals surface area (Å²) >= 11 is 0. The van der Waals surface area contributed by atoms with Gasteiger partial charge in [0.15, 0.2) is 11.6 Å². The van der Waals surface area contributed by atoms with E-state index >= 15 is 0 Å². The quantitative estimate of drug-likeness (QED) is 0.597. The number of likely N-dealkylation sites (N-methyl/N-ethyl adjacent to an activating group) is 1. The van der Waals surface area contributed by atoms with Gasteiger partial charge in [-0.15, -0.1) is 0 Å². The fraction of sp³-hybridized carbons (Fsp3) is 0.667. The van der Waals surface area contributed by atoms with Crippen molar-refractivity contribution in [2.75, 3.05) is 14.2 Å². The van der Waals surface area contributed by atoms with Crippen LogP contribution in [-0.4, -0.2) is 20.2 Å². The zero-order valence-corrected chi connectivity index (χ0v) is 13.8. The molecule has 0 fully saturated rings. The summed E-state index contributed by atoms with van der Waals surface area (Å²) in [5.74, 6) is 0.116. The number of rotatable bonds is 11. The number of halogens is 1. The van der Waals surface area contributed by atoms with Gasteiger partial charge in [0.25, 0.3) is 0 Å². The van der Waals surface area contributed by atoms with E-state index in [0.29, 0.717) is 18.2 Å². The van der Waals surface area contributed by atoms with E-state index in [1.807, 2.05) is 19.2 Å². The third-order valence-corrected chi connectivity index (χ3v) is 4.04. The number of nitrogens with one attached hydrogen (secondary N) is 1. The molecule has 0 bridgehead atoms. The highest BCUT2D eigenvalue weighted by Crippen LogP contribution is 2.22. The van der Waals surface area contributed by atoms with Gasteiger partial charge in [0.2, 0.25) is 0 Å². The van der Waals surface area contributed by atoms with Gasteiger partial charge >= 0.3 is 0 Å². The zero-order chi connectivity index (χ0) is 15.5. The topological polar surface area (TPSA) is 21.3 Å². The number of hydrogen-bond donors (Lipinski definition) is 1. The van der Waals surface area contributed by atoms with E-state index in [0.717, 1.165) is 12.0 Å². The van der Waals surface area contributed by atoms with Crippen LogP contribution in [0, 0.1) is 5.82 Å². The summed E-state index contributed by atoms with van der Waals surface area (Å²) in [6.45, 7) is 2.24. The lowest BCUT2D eigenvalue weighted by atomic mass is 9.99. The molecule has 0 spiro atoms. The number of ether oxygens (including phenoxy) is 1. The van der Waals surface area contributed by atoms with Crippen LogP contribution in [0.15, 0.2) is 18.2 Å². The molecule has 1 N–H and O–H groups in total. The van der Waals surface area contributed by atoms with E-state index in [1.165, 1.54) is 45.6 Å².